The van der Waals surface area contributed by atoms with Gasteiger partial charge in [0.15, 0.2) is 0 Å². The molecule has 0 radical (unpaired) electrons. The standard InChI is InChI=1S/C16H21N3S/c1-4-5-14-15(17)18-10-19-16(14)20-9-13-7-11(2)6-12(3)8-13/h6-8,10H,4-5,9H2,1-3H3,(H2,17,18,19). The zero-order chi connectivity index (χ0) is 14.5. The molecule has 0 amide bonds. The van der Waals surface area contributed by atoms with Gasteiger partial charge in [0.2, 0.25) is 0 Å². The molecule has 0 unspecified atom stereocenters. The molecule has 2 aromatic rings. The van der Waals surface area contributed by atoms with E-state index in [0.717, 1.165) is 29.2 Å². The van der Waals surface area contributed by atoms with Crippen LogP contribution in [0.2, 0.25) is 0 Å². The van der Waals surface area contributed by atoms with E-state index in [-0.39, 0.29) is 0 Å². The van der Waals surface area contributed by atoms with Crippen LogP contribution in [0.4, 0.5) is 5.82 Å². The van der Waals surface area contributed by atoms with Crippen molar-refractivity contribution >= 4 is 17.6 Å². The van der Waals surface area contributed by atoms with E-state index in [1.807, 2.05) is 0 Å². The first kappa shape index (κ1) is 14.9. The maximum atomic E-state index is 5.96. The molecule has 4 heteroatoms. The summed E-state index contributed by atoms with van der Waals surface area (Å²) in [5, 5.41) is 1.01. The molecule has 106 valence electrons. The predicted octanol–water partition coefficient (Wildman–Crippen LogP) is 3.92. The predicted molar refractivity (Wildman–Crippen MR) is 85.9 cm³/mol. The van der Waals surface area contributed by atoms with Gasteiger partial charge in [-0.2, -0.15) is 0 Å². The summed E-state index contributed by atoms with van der Waals surface area (Å²) in [7, 11) is 0. The molecular weight excluding hydrogens is 266 g/mol. The van der Waals surface area contributed by atoms with Gasteiger partial charge in [0, 0.05) is 11.3 Å². The first-order chi connectivity index (χ1) is 9.60. The number of hydrogen-bond acceptors (Lipinski definition) is 4. The van der Waals surface area contributed by atoms with Crippen LogP contribution in [0.5, 0.6) is 0 Å². The van der Waals surface area contributed by atoms with Gasteiger partial charge in [-0.3, -0.25) is 0 Å². The second-order valence-corrected chi connectivity index (χ2v) is 6.04. The summed E-state index contributed by atoms with van der Waals surface area (Å²) < 4.78 is 0. The lowest BCUT2D eigenvalue weighted by Gasteiger charge is -2.10. The Labute approximate surface area is 125 Å². The summed E-state index contributed by atoms with van der Waals surface area (Å²) in [5.41, 5.74) is 11.0. The van der Waals surface area contributed by atoms with Crippen LogP contribution in [-0.4, -0.2) is 9.97 Å². The first-order valence-electron chi connectivity index (χ1n) is 6.89. The van der Waals surface area contributed by atoms with Crippen molar-refractivity contribution in [1.29, 1.82) is 0 Å². The van der Waals surface area contributed by atoms with Crippen LogP contribution in [0.3, 0.4) is 0 Å². The molecule has 0 aliphatic heterocycles. The lowest BCUT2D eigenvalue weighted by atomic mass is 10.1. The molecule has 1 aromatic carbocycles. The van der Waals surface area contributed by atoms with E-state index in [1.54, 1.807) is 18.1 Å². The molecule has 0 atom stereocenters. The number of benzene rings is 1. The zero-order valence-electron chi connectivity index (χ0n) is 12.3. The number of aromatic nitrogens is 2. The largest absolute Gasteiger partial charge is 0.383 e. The third-order valence-electron chi connectivity index (χ3n) is 3.10. The van der Waals surface area contributed by atoms with Crippen LogP contribution in [-0.2, 0) is 12.2 Å². The zero-order valence-corrected chi connectivity index (χ0v) is 13.1. The smallest absolute Gasteiger partial charge is 0.131 e. The van der Waals surface area contributed by atoms with E-state index in [1.165, 1.54) is 16.7 Å². The van der Waals surface area contributed by atoms with Crippen molar-refractivity contribution in [2.45, 2.75) is 44.4 Å². The molecule has 0 saturated heterocycles. The Kier molecular flexibility index (Phi) is 5.01. The van der Waals surface area contributed by atoms with Crippen molar-refractivity contribution in [2.24, 2.45) is 0 Å². The highest BCUT2D eigenvalue weighted by atomic mass is 32.2. The molecule has 1 aromatic heterocycles. The molecule has 0 bridgehead atoms. The van der Waals surface area contributed by atoms with Crippen molar-refractivity contribution in [3.63, 3.8) is 0 Å². The minimum atomic E-state index is 0.616. The Bertz CT molecular complexity index is 576. The van der Waals surface area contributed by atoms with Crippen LogP contribution in [0, 0.1) is 13.8 Å². The molecule has 0 fully saturated rings. The van der Waals surface area contributed by atoms with Crippen LogP contribution in [0.15, 0.2) is 29.6 Å². The summed E-state index contributed by atoms with van der Waals surface area (Å²) >= 11 is 1.74. The van der Waals surface area contributed by atoms with E-state index in [0.29, 0.717) is 5.82 Å². The minimum absolute atomic E-state index is 0.616. The van der Waals surface area contributed by atoms with Crippen molar-refractivity contribution in [3.8, 4) is 0 Å². The van der Waals surface area contributed by atoms with E-state index < -0.39 is 0 Å². The molecule has 20 heavy (non-hydrogen) atoms. The van der Waals surface area contributed by atoms with Crippen LogP contribution in [0.25, 0.3) is 0 Å². The molecule has 1 heterocycles. The maximum Gasteiger partial charge on any atom is 0.131 e. The molecule has 3 nitrogen and oxygen atoms in total. The summed E-state index contributed by atoms with van der Waals surface area (Å²) in [6.07, 6.45) is 3.54. The number of nitrogens with zero attached hydrogens (tertiary/aromatic N) is 2. The summed E-state index contributed by atoms with van der Waals surface area (Å²) in [6.45, 7) is 6.41. The fraction of sp³-hybridized carbons (Fsp3) is 0.375. The van der Waals surface area contributed by atoms with Gasteiger partial charge >= 0.3 is 0 Å². The van der Waals surface area contributed by atoms with Crippen LogP contribution < -0.4 is 5.73 Å². The number of aryl methyl sites for hydroxylation is 2. The molecule has 0 spiro atoms. The molecule has 0 aliphatic carbocycles. The number of rotatable bonds is 5. The maximum absolute atomic E-state index is 5.96. The highest BCUT2D eigenvalue weighted by molar-refractivity contribution is 7.98. The number of thioether (sulfide) groups is 1. The Morgan fingerprint density at radius 1 is 1.10 bits per heavy atom. The van der Waals surface area contributed by atoms with Gasteiger partial charge in [-0.05, 0) is 25.8 Å². The lowest BCUT2D eigenvalue weighted by molar-refractivity contribution is 0.861. The van der Waals surface area contributed by atoms with E-state index >= 15 is 0 Å². The van der Waals surface area contributed by atoms with Crippen molar-refractivity contribution in [1.82, 2.24) is 9.97 Å². The Morgan fingerprint density at radius 3 is 2.45 bits per heavy atom. The first-order valence-corrected chi connectivity index (χ1v) is 7.88. The summed E-state index contributed by atoms with van der Waals surface area (Å²) in [5.74, 6) is 1.53. The second kappa shape index (κ2) is 6.75. The Balaban J connectivity index is 2.16. The lowest BCUT2D eigenvalue weighted by Crippen LogP contribution is -2.01. The Morgan fingerprint density at radius 2 is 1.80 bits per heavy atom. The van der Waals surface area contributed by atoms with Gasteiger partial charge in [0.1, 0.15) is 17.2 Å². The molecule has 2 rings (SSSR count). The average Bonchev–Trinajstić information content (AvgIpc) is 2.38. The highest BCUT2D eigenvalue weighted by Gasteiger charge is 2.09. The van der Waals surface area contributed by atoms with Gasteiger partial charge in [0.05, 0.1) is 0 Å². The highest BCUT2D eigenvalue weighted by Crippen LogP contribution is 2.28. The van der Waals surface area contributed by atoms with Crippen molar-refractivity contribution in [3.05, 3.63) is 46.8 Å². The van der Waals surface area contributed by atoms with Gasteiger partial charge in [0.25, 0.3) is 0 Å². The summed E-state index contributed by atoms with van der Waals surface area (Å²) in [4.78, 5) is 8.48. The van der Waals surface area contributed by atoms with Crippen LogP contribution >= 0.6 is 11.8 Å². The van der Waals surface area contributed by atoms with Gasteiger partial charge in [-0.25, -0.2) is 9.97 Å². The topological polar surface area (TPSA) is 51.8 Å². The Hall–Kier alpha value is -1.55. The SMILES string of the molecule is CCCc1c(N)ncnc1SCc1cc(C)cc(C)c1. The van der Waals surface area contributed by atoms with E-state index in [9.17, 15) is 0 Å². The molecule has 0 aliphatic rings. The fourth-order valence-corrected chi connectivity index (χ4v) is 3.29. The molecule has 0 saturated carbocycles. The summed E-state index contributed by atoms with van der Waals surface area (Å²) in [6, 6.07) is 6.65. The van der Waals surface area contributed by atoms with Gasteiger partial charge in [-0.1, -0.05) is 42.7 Å². The van der Waals surface area contributed by atoms with E-state index in [2.05, 4.69) is 48.9 Å². The van der Waals surface area contributed by atoms with Crippen molar-refractivity contribution < 1.29 is 0 Å². The van der Waals surface area contributed by atoms with E-state index in [4.69, 9.17) is 5.73 Å². The molecular formula is C16H21N3S. The minimum Gasteiger partial charge on any atom is -0.383 e. The van der Waals surface area contributed by atoms with Crippen molar-refractivity contribution in [2.75, 3.05) is 5.73 Å². The third kappa shape index (κ3) is 3.73. The number of hydrogen-bond donors (Lipinski definition) is 1. The van der Waals surface area contributed by atoms with Gasteiger partial charge < -0.3 is 5.73 Å². The number of nitrogen functional groups attached to an aromatic ring is 1. The normalized spacial score (nSPS) is 10.8. The molecule has 2 N–H and O–H groups in total. The van der Waals surface area contributed by atoms with Gasteiger partial charge in [-0.15, -0.1) is 11.8 Å². The third-order valence-corrected chi connectivity index (χ3v) is 4.20. The number of nitrogens with two attached hydrogens (primary N) is 1. The quantitative estimate of drug-likeness (QED) is 0.669. The number of anilines is 1. The fourth-order valence-electron chi connectivity index (χ4n) is 2.32. The van der Waals surface area contributed by atoms with Crippen LogP contribution in [0.1, 0.15) is 35.6 Å². The monoisotopic (exact) mass is 287 g/mol. The average molecular weight is 287 g/mol. The second-order valence-electron chi connectivity index (χ2n) is 5.08.